The molecule has 1 aromatic heterocycles. The lowest BCUT2D eigenvalue weighted by Gasteiger charge is -2.18. The van der Waals surface area contributed by atoms with Crippen LogP contribution in [0.2, 0.25) is 0 Å². The van der Waals surface area contributed by atoms with Gasteiger partial charge in [-0.05, 0) is 47.5 Å². The number of urea groups is 1. The van der Waals surface area contributed by atoms with Crippen molar-refractivity contribution in [3.63, 3.8) is 0 Å². The SMILES string of the molecule is O=C(NCc1ccc(F)c(F)c1)c1ccnc(N2CCN(Cc3ccc(F)cc3)C2=O)c1. The summed E-state index contributed by atoms with van der Waals surface area (Å²) in [6.07, 6.45) is 1.43. The van der Waals surface area contributed by atoms with Crippen LogP contribution in [-0.4, -0.2) is 34.9 Å². The van der Waals surface area contributed by atoms with E-state index in [1.54, 1.807) is 17.0 Å². The second-order valence-corrected chi connectivity index (χ2v) is 7.32. The molecule has 0 radical (unpaired) electrons. The summed E-state index contributed by atoms with van der Waals surface area (Å²) in [5.74, 6) is -2.39. The minimum absolute atomic E-state index is 0.0157. The smallest absolute Gasteiger partial charge is 0.326 e. The predicted molar refractivity (Wildman–Crippen MR) is 111 cm³/mol. The number of hydrogen-bond acceptors (Lipinski definition) is 3. The average Bonchev–Trinajstić information content (AvgIpc) is 3.16. The van der Waals surface area contributed by atoms with E-state index in [4.69, 9.17) is 0 Å². The molecule has 0 aliphatic carbocycles. The van der Waals surface area contributed by atoms with Crippen LogP contribution in [0.25, 0.3) is 0 Å². The van der Waals surface area contributed by atoms with Crippen LogP contribution in [0.3, 0.4) is 0 Å². The lowest BCUT2D eigenvalue weighted by atomic mass is 10.2. The average molecular weight is 440 g/mol. The van der Waals surface area contributed by atoms with Gasteiger partial charge in [0.1, 0.15) is 11.6 Å². The third kappa shape index (κ3) is 4.72. The Morgan fingerprint density at radius 3 is 2.44 bits per heavy atom. The van der Waals surface area contributed by atoms with Gasteiger partial charge in [0.05, 0.1) is 0 Å². The molecule has 32 heavy (non-hydrogen) atoms. The molecule has 1 fully saturated rings. The monoisotopic (exact) mass is 440 g/mol. The van der Waals surface area contributed by atoms with Crippen molar-refractivity contribution in [2.75, 3.05) is 18.0 Å². The number of benzene rings is 2. The van der Waals surface area contributed by atoms with Gasteiger partial charge in [0.2, 0.25) is 0 Å². The molecule has 1 aliphatic heterocycles. The van der Waals surface area contributed by atoms with Crippen LogP contribution in [0.15, 0.2) is 60.8 Å². The maximum Gasteiger partial charge on any atom is 0.326 e. The van der Waals surface area contributed by atoms with E-state index in [1.165, 1.54) is 41.4 Å². The minimum atomic E-state index is -0.985. The number of aromatic nitrogens is 1. The van der Waals surface area contributed by atoms with Crippen molar-refractivity contribution >= 4 is 17.8 Å². The van der Waals surface area contributed by atoms with Gasteiger partial charge in [-0.25, -0.2) is 22.9 Å². The van der Waals surface area contributed by atoms with E-state index < -0.39 is 17.5 Å². The van der Waals surface area contributed by atoms with Gasteiger partial charge in [0, 0.05) is 37.9 Å². The van der Waals surface area contributed by atoms with Crippen molar-refractivity contribution in [1.82, 2.24) is 15.2 Å². The Morgan fingerprint density at radius 1 is 0.938 bits per heavy atom. The van der Waals surface area contributed by atoms with Crippen molar-refractivity contribution in [2.45, 2.75) is 13.1 Å². The van der Waals surface area contributed by atoms with Gasteiger partial charge in [-0.2, -0.15) is 0 Å². The summed E-state index contributed by atoms with van der Waals surface area (Å²) in [5, 5.41) is 2.64. The molecule has 1 N–H and O–H groups in total. The highest BCUT2D eigenvalue weighted by Crippen LogP contribution is 2.21. The molecule has 1 saturated heterocycles. The van der Waals surface area contributed by atoms with Crippen molar-refractivity contribution in [3.8, 4) is 0 Å². The fourth-order valence-electron chi connectivity index (χ4n) is 3.39. The Kier molecular flexibility index (Phi) is 6.07. The number of pyridine rings is 1. The van der Waals surface area contributed by atoms with Gasteiger partial charge >= 0.3 is 6.03 Å². The maximum atomic E-state index is 13.3. The molecule has 9 heteroatoms. The predicted octanol–water partition coefficient (Wildman–Crippen LogP) is 3.87. The summed E-state index contributed by atoms with van der Waals surface area (Å²) in [7, 11) is 0. The molecule has 0 unspecified atom stereocenters. The number of nitrogens with one attached hydrogen (secondary N) is 1. The highest BCUT2D eigenvalue weighted by Gasteiger charge is 2.30. The Balaban J connectivity index is 1.40. The highest BCUT2D eigenvalue weighted by atomic mass is 19.2. The summed E-state index contributed by atoms with van der Waals surface area (Å²) in [4.78, 5) is 32.6. The second-order valence-electron chi connectivity index (χ2n) is 7.32. The first-order chi connectivity index (χ1) is 15.4. The van der Waals surface area contributed by atoms with Crippen LogP contribution in [0.5, 0.6) is 0 Å². The Morgan fingerprint density at radius 2 is 1.69 bits per heavy atom. The summed E-state index contributed by atoms with van der Waals surface area (Å²) in [6, 6.07) is 12.1. The standard InChI is InChI=1S/C23H19F3N4O2/c24-18-4-1-15(2-5-18)14-29-9-10-30(23(29)32)21-12-17(7-8-27-21)22(31)28-13-16-3-6-19(25)20(26)11-16/h1-8,11-12H,9-10,13-14H2,(H,28,31). The molecule has 1 aliphatic rings. The number of rotatable bonds is 6. The van der Waals surface area contributed by atoms with E-state index >= 15 is 0 Å². The Bertz CT molecular complexity index is 1150. The number of hydrogen-bond donors (Lipinski definition) is 1. The fraction of sp³-hybridized carbons (Fsp3) is 0.174. The van der Waals surface area contributed by atoms with Gasteiger partial charge in [0.25, 0.3) is 5.91 Å². The fourth-order valence-corrected chi connectivity index (χ4v) is 3.39. The first kappa shape index (κ1) is 21.4. The molecule has 0 saturated carbocycles. The van der Waals surface area contributed by atoms with Crippen molar-refractivity contribution < 1.29 is 22.8 Å². The summed E-state index contributed by atoms with van der Waals surface area (Å²) < 4.78 is 39.4. The molecule has 0 atom stereocenters. The second kappa shape index (κ2) is 9.09. The van der Waals surface area contributed by atoms with Gasteiger partial charge in [-0.3, -0.25) is 9.69 Å². The quantitative estimate of drug-likeness (QED) is 0.633. The van der Waals surface area contributed by atoms with E-state index in [-0.39, 0.29) is 24.0 Å². The third-order valence-electron chi connectivity index (χ3n) is 5.10. The maximum absolute atomic E-state index is 13.3. The van der Waals surface area contributed by atoms with Gasteiger partial charge in [0.15, 0.2) is 11.6 Å². The third-order valence-corrected chi connectivity index (χ3v) is 5.10. The zero-order valence-electron chi connectivity index (χ0n) is 16.9. The van der Waals surface area contributed by atoms with Gasteiger partial charge in [-0.15, -0.1) is 0 Å². The molecule has 6 nitrogen and oxygen atoms in total. The van der Waals surface area contributed by atoms with Gasteiger partial charge < -0.3 is 10.2 Å². The number of carbonyl (C=O) groups is 2. The van der Waals surface area contributed by atoms with E-state index in [0.717, 1.165) is 17.7 Å². The van der Waals surface area contributed by atoms with Crippen LogP contribution in [0.4, 0.5) is 23.8 Å². The largest absolute Gasteiger partial charge is 0.348 e. The van der Waals surface area contributed by atoms with Crippen molar-refractivity contribution in [1.29, 1.82) is 0 Å². The summed E-state index contributed by atoms with van der Waals surface area (Å²) >= 11 is 0. The number of nitrogens with zero attached hydrogens (tertiary/aromatic N) is 3. The number of amides is 3. The lowest BCUT2D eigenvalue weighted by Crippen LogP contribution is -2.32. The summed E-state index contributed by atoms with van der Waals surface area (Å²) in [6.45, 7) is 1.21. The molecule has 3 amide bonds. The van der Waals surface area contributed by atoms with E-state index in [9.17, 15) is 22.8 Å². The van der Waals surface area contributed by atoms with Crippen molar-refractivity contribution in [3.05, 3.63) is 94.9 Å². The van der Waals surface area contributed by atoms with Crippen LogP contribution in [0, 0.1) is 17.5 Å². The molecule has 3 aromatic rings. The minimum Gasteiger partial charge on any atom is -0.348 e. The highest BCUT2D eigenvalue weighted by molar-refractivity contribution is 5.97. The Hall–Kier alpha value is -3.88. The number of halogens is 3. The van der Waals surface area contributed by atoms with Crippen LogP contribution < -0.4 is 10.2 Å². The van der Waals surface area contributed by atoms with E-state index in [2.05, 4.69) is 10.3 Å². The lowest BCUT2D eigenvalue weighted by molar-refractivity contribution is 0.0950. The molecule has 4 rings (SSSR count). The van der Waals surface area contributed by atoms with Crippen LogP contribution >= 0.6 is 0 Å². The normalized spacial score (nSPS) is 13.5. The Labute approximate surface area is 182 Å². The van der Waals surface area contributed by atoms with E-state index in [1.807, 2.05) is 0 Å². The van der Waals surface area contributed by atoms with E-state index in [0.29, 0.717) is 31.0 Å². The molecule has 2 aromatic carbocycles. The molecule has 0 bridgehead atoms. The number of anilines is 1. The first-order valence-corrected chi connectivity index (χ1v) is 9.90. The molecule has 0 spiro atoms. The summed E-state index contributed by atoms with van der Waals surface area (Å²) in [5.41, 5.74) is 1.50. The topological polar surface area (TPSA) is 65.5 Å². The molecule has 2 heterocycles. The molecular weight excluding hydrogens is 421 g/mol. The van der Waals surface area contributed by atoms with Crippen molar-refractivity contribution in [2.24, 2.45) is 0 Å². The van der Waals surface area contributed by atoms with Gasteiger partial charge in [-0.1, -0.05) is 18.2 Å². The first-order valence-electron chi connectivity index (χ1n) is 9.90. The molecular formula is C23H19F3N4O2. The number of carbonyl (C=O) groups excluding carboxylic acids is 2. The zero-order chi connectivity index (χ0) is 22.7. The zero-order valence-corrected chi connectivity index (χ0v) is 16.9. The van der Waals surface area contributed by atoms with Crippen LogP contribution in [-0.2, 0) is 13.1 Å². The molecule has 164 valence electrons. The van der Waals surface area contributed by atoms with Crippen LogP contribution in [0.1, 0.15) is 21.5 Å².